The average Bonchev–Trinajstić information content (AvgIpc) is 4.13. The van der Waals surface area contributed by atoms with Gasteiger partial charge in [0, 0.05) is 43.8 Å². The summed E-state index contributed by atoms with van der Waals surface area (Å²) in [5.41, 5.74) is -7.05. The highest BCUT2D eigenvalue weighted by Crippen LogP contribution is 2.64. The van der Waals surface area contributed by atoms with Crippen LogP contribution >= 0.6 is 0 Å². The van der Waals surface area contributed by atoms with Gasteiger partial charge in [-0.2, -0.15) is 0 Å². The van der Waals surface area contributed by atoms with Crippen molar-refractivity contribution in [2.45, 2.75) is 101 Å². The molecule has 4 fully saturated rings. The van der Waals surface area contributed by atoms with Gasteiger partial charge in [-0.15, -0.1) is 0 Å². The lowest BCUT2D eigenvalue weighted by Crippen LogP contribution is -2.82. The Morgan fingerprint density at radius 1 is 0.859 bits per heavy atom. The van der Waals surface area contributed by atoms with Crippen molar-refractivity contribution in [1.82, 2.24) is 10.2 Å². The summed E-state index contributed by atoms with van der Waals surface area (Å²) in [5, 5.41) is 40.5. The molecule has 2 amide bonds. The first-order chi connectivity index (χ1) is 30.3. The van der Waals surface area contributed by atoms with Crippen molar-refractivity contribution in [1.29, 1.82) is 0 Å². The number of esters is 3. The molecule has 2 heterocycles. The number of hydrogen-bond donors (Lipinski definition) is 4. The molecule has 0 spiro atoms. The molecule has 1 unspecified atom stereocenters. The molecule has 0 aromatic heterocycles. The summed E-state index contributed by atoms with van der Waals surface area (Å²) in [6.07, 6.45) is -11.3. The SMILES string of the molecule is CC(=O)O[C@H]1C(=O)[C@@]2(C)C([C@H](OC(=O)c3ccccc3)[C@]3(O)C[C@H](OC(=O)[C@@H](O)[C@H](NC(=O)c4ccccc4)c4ccccc4)C(C)=C1C3(C)C)[C@]1(OC(=O)N3CC3)CO[C@@H]1C[C@@H]2O. The van der Waals surface area contributed by atoms with Gasteiger partial charge in [0.15, 0.2) is 23.6 Å². The second-order valence-corrected chi connectivity index (χ2v) is 18.1. The van der Waals surface area contributed by atoms with E-state index in [1.807, 2.05) is 0 Å². The molecule has 16 nitrogen and oxygen atoms in total. The van der Waals surface area contributed by atoms with Crippen LogP contribution in [0.4, 0.5) is 4.79 Å². The average molecular weight is 881 g/mol. The molecule has 16 heteroatoms. The van der Waals surface area contributed by atoms with Gasteiger partial charge in [0.25, 0.3) is 5.91 Å². The summed E-state index contributed by atoms with van der Waals surface area (Å²) in [5.74, 6) is -6.05. The Morgan fingerprint density at radius 2 is 1.45 bits per heavy atom. The smallest absolute Gasteiger partial charge is 0.410 e. The van der Waals surface area contributed by atoms with E-state index in [1.165, 1.54) is 30.9 Å². The molecule has 8 rings (SSSR count). The van der Waals surface area contributed by atoms with Crippen LogP contribution in [0, 0.1) is 16.7 Å². The van der Waals surface area contributed by atoms with E-state index in [4.69, 9.17) is 23.7 Å². The zero-order valence-corrected chi connectivity index (χ0v) is 36.1. The van der Waals surface area contributed by atoms with Crippen LogP contribution < -0.4 is 5.32 Å². The van der Waals surface area contributed by atoms with Crippen LogP contribution in [0.5, 0.6) is 0 Å². The third-order valence-electron chi connectivity index (χ3n) is 14.1. The number of fused-ring (bicyclic) bond motifs is 5. The molecule has 4 N–H and O–H groups in total. The summed E-state index contributed by atoms with van der Waals surface area (Å²) >= 11 is 0. The number of amides is 2. The summed E-state index contributed by atoms with van der Waals surface area (Å²) in [6, 6.07) is 23.0. The van der Waals surface area contributed by atoms with Crippen LogP contribution in [0.25, 0.3) is 0 Å². The molecule has 64 heavy (non-hydrogen) atoms. The molecule has 2 saturated heterocycles. The van der Waals surface area contributed by atoms with Crippen LogP contribution in [-0.4, -0.2) is 123 Å². The Labute approximate surface area is 369 Å². The second-order valence-electron chi connectivity index (χ2n) is 18.1. The minimum absolute atomic E-state index is 0.000448. The Morgan fingerprint density at radius 3 is 2.02 bits per heavy atom. The fourth-order valence-corrected chi connectivity index (χ4v) is 10.4. The van der Waals surface area contributed by atoms with Gasteiger partial charge in [0.2, 0.25) is 0 Å². The lowest BCUT2D eigenvalue weighted by molar-refractivity contribution is -0.342. The topological polar surface area (TPSA) is 224 Å². The maximum absolute atomic E-state index is 15.6. The summed E-state index contributed by atoms with van der Waals surface area (Å²) in [7, 11) is 0. The number of nitrogens with zero attached hydrogens (tertiary/aromatic N) is 1. The van der Waals surface area contributed by atoms with Crippen LogP contribution in [-0.2, 0) is 38.1 Å². The Kier molecular flexibility index (Phi) is 11.6. The fourth-order valence-electron chi connectivity index (χ4n) is 10.4. The normalized spacial score (nSPS) is 32.1. The predicted octanol–water partition coefficient (Wildman–Crippen LogP) is 3.62. The first-order valence-electron chi connectivity index (χ1n) is 21.3. The van der Waals surface area contributed by atoms with Gasteiger partial charge in [-0.25, -0.2) is 14.4 Å². The number of ether oxygens (including phenoxy) is 5. The van der Waals surface area contributed by atoms with Crippen molar-refractivity contribution in [2.24, 2.45) is 16.7 Å². The molecule has 3 aromatic carbocycles. The number of carbonyl (C=O) groups is 6. The predicted molar refractivity (Wildman–Crippen MR) is 224 cm³/mol. The molecular weight excluding hydrogens is 829 g/mol. The monoisotopic (exact) mass is 880 g/mol. The highest BCUT2D eigenvalue weighted by molar-refractivity contribution is 5.96. The number of rotatable bonds is 10. The number of benzene rings is 3. The van der Waals surface area contributed by atoms with Crippen molar-refractivity contribution in [3.05, 3.63) is 119 Å². The molecule has 2 saturated carbocycles. The number of Topliss-reactive ketones (excluding diaryl/α,β-unsaturated/α-hetero) is 1. The van der Waals surface area contributed by atoms with Gasteiger partial charge in [-0.05, 0) is 54.8 Å². The molecule has 338 valence electrons. The lowest BCUT2D eigenvalue weighted by Gasteiger charge is -2.67. The van der Waals surface area contributed by atoms with E-state index in [0.29, 0.717) is 18.7 Å². The first-order valence-corrected chi connectivity index (χ1v) is 21.3. The lowest BCUT2D eigenvalue weighted by atomic mass is 9.44. The number of ketones is 1. The van der Waals surface area contributed by atoms with E-state index in [9.17, 15) is 39.3 Å². The van der Waals surface area contributed by atoms with E-state index < -0.39 is 113 Å². The molecule has 5 aliphatic rings. The number of nitrogens with one attached hydrogen (secondary N) is 1. The van der Waals surface area contributed by atoms with Crippen LogP contribution in [0.2, 0.25) is 0 Å². The molecule has 3 aromatic rings. The molecule has 3 aliphatic carbocycles. The Hall–Kier alpha value is -5.94. The number of hydrogen-bond acceptors (Lipinski definition) is 14. The minimum Gasteiger partial charge on any atom is -0.456 e. The third-order valence-corrected chi connectivity index (χ3v) is 14.1. The highest BCUT2D eigenvalue weighted by Gasteiger charge is 2.78. The maximum atomic E-state index is 15.6. The zero-order chi connectivity index (χ0) is 45.9. The van der Waals surface area contributed by atoms with E-state index in [-0.39, 0.29) is 35.3 Å². The molecule has 0 radical (unpaired) electrons. The summed E-state index contributed by atoms with van der Waals surface area (Å²) in [4.78, 5) is 86.0. The van der Waals surface area contributed by atoms with Crippen LogP contribution in [0.3, 0.4) is 0 Å². The zero-order valence-electron chi connectivity index (χ0n) is 36.1. The largest absolute Gasteiger partial charge is 0.456 e. The highest BCUT2D eigenvalue weighted by atomic mass is 16.6. The van der Waals surface area contributed by atoms with Crippen molar-refractivity contribution in [3.63, 3.8) is 0 Å². The standard InChI is InChI=1S/C48H52N2O14/c1-26-31(62-43(57)36(53)35(28-15-9-6-10-16-28)49-41(55)29-17-11-7-12-18-29)24-48(59)40(63-42(56)30-19-13-8-14-20-30)38-46(5,39(54)37(61-27(2)51)34(26)45(48,3)4)32(52)23-33-47(38,25-60-33)64-44(58)50-21-22-50/h6-20,31-33,35-38,40,52-53,59H,21-25H2,1-5H3,(H,49,55)/t31-,32-,33+,35+,36-,37+,38?,40-,46+,47-,48+/m0/s1. The minimum atomic E-state index is -2.40. The molecule has 2 aliphatic heterocycles. The Bertz CT molecular complexity index is 2370. The van der Waals surface area contributed by atoms with Gasteiger partial charge in [0.1, 0.15) is 23.9 Å². The first kappa shape index (κ1) is 44.7. The molecular formula is C48H52N2O14. The van der Waals surface area contributed by atoms with E-state index in [0.717, 1.165) is 6.92 Å². The third kappa shape index (κ3) is 7.35. The van der Waals surface area contributed by atoms with E-state index >= 15 is 4.79 Å². The van der Waals surface area contributed by atoms with Gasteiger partial charge in [0.05, 0.1) is 35.6 Å². The van der Waals surface area contributed by atoms with Crippen molar-refractivity contribution in [2.75, 3.05) is 19.7 Å². The van der Waals surface area contributed by atoms with Gasteiger partial charge in [-0.3, -0.25) is 14.4 Å². The van der Waals surface area contributed by atoms with E-state index in [1.54, 1.807) is 92.7 Å². The van der Waals surface area contributed by atoms with Crippen molar-refractivity contribution >= 4 is 35.7 Å². The number of aliphatic hydroxyl groups is 3. The number of aliphatic hydroxyl groups excluding tert-OH is 2. The van der Waals surface area contributed by atoms with Gasteiger partial charge in [-0.1, -0.05) is 80.6 Å². The Balaban J connectivity index is 1.27. The van der Waals surface area contributed by atoms with Crippen LogP contribution in [0.1, 0.15) is 79.8 Å². The fraction of sp³-hybridized carbons (Fsp3) is 0.458. The molecule has 2 bridgehead atoms. The molecule has 11 atom stereocenters. The van der Waals surface area contributed by atoms with Gasteiger partial charge < -0.3 is 49.2 Å². The van der Waals surface area contributed by atoms with Gasteiger partial charge >= 0.3 is 24.0 Å². The number of carbonyl (C=O) groups excluding carboxylic acids is 6. The quantitative estimate of drug-likeness (QED) is 0.0989. The van der Waals surface area contributed by atoms with Crippen molar-refractivity contribution in [3.8, 4) is 0 Å². The van der Waals surface area contributed by atoms with Crippen LogP contribution in [0.15, 0.2) is 102 Å². The second kappa shape index (κ2) is 16.6. The van der Waals surface area contributed by atoms with E-state index in [2.05, 4.69) is 5.32 Å². The summed E-state index contributed by atoms with van der Waals surface area (Å²) < 4.78 is 30.7. The van der Waals surface area contributed by atoms with Crippen molar-refractivity contribution < 1.29 is 67.8 Å². The summed E-state index contributed by atoms with van der Waals surface area (Å²) in [6.45, 7) is 7.67. The maximum Gasteiger partial charge on any atom is 0.410 e.